The summed E-state index contributed by atoms with van der Waals surface area (Å²) < 4.78 is 4.83. The summed E-state index contributed by atoms with van der Waals surface area (Å²) in [5, 5.41) is 0. The number of carbonyl (C=O) groups excluding carboxylic acids is 2. The molecule has 1 heterocycles. The fraction of sp³-hybridized carbons (Fsp3) is 0.778. The molecule has 3 heteroatoms. The Morgan fingerprint density at radius 1 is 1.67 bits per heavy atom. The van der Waals surface area contributed by atoms with Gasteiger partial charge in [0.15, 0.2) is 0 Å². The zero-order valence-corrected chi connectivity index (χ0v) is 7.34. The van der Waals surface area contributed by atoms with Crippen molar-refractivity contribution in [2.45, 2.75) is 32.6 Å². The lowest BCUT2D eigenvalue weighted by atomic mass is 9.75. The standard InChI is InChI=1S/C9H14O3/c1-2-9(3-5-10)4-6-12-8(11)7-9/h5H,2-4,6-7H2,1H3. The van der Waals surface area contributed by atoms with Gasteiger partial charge < -0.3 is 9.53 Å². The molecule has 3 nitrogen and oxygen atoms in total. The van der Waals surface area contributed by atoms with Crippen molar-refractivity contribution in [3.8, 4) is 0 Å². The fourth-order valence-corrected chi connectivity index (χ4v) is 1.62. The van der Waals surface area contributed by atoms with Crippen molar-refractivity contribution >= 4 is 12.3 Å². The largest absolute Gasteiger partial charge is 0.466 e. The number of aldehydes is 1. The zero-order chi connectivity index (χ0) is 9.03. The van der Waals surface area contributed by atoms with E-state index in [1.165, 1.54) is 0 Å². The Labute approximate surface area is 72.1 Å². The van der Waals surface area contributed by atoms with Gasteiger partial charge in [-0.3, -0.25) is 4.79 Å². The van der Waals surface area contributed by atoms with Gasteiger partial charge in [0, 0.05) is 6.42 Å². The van der Waals surface area contributed by atoms with Gasteiger partial charge in [0.05, 0.1) is 13.0 Å². The fourth-order valence-electron chi connectivity index (χ4n) is 1.62. The summed E-state index contributed by atoms with van der Waals surface area (Å²) in [6.45, 7) is 2.49. The van der Waals surface area contributed by atoms with Crippen molar-refractivity contribution in [3.05, 3.63) is 0 Å². The average Bonchev–Trinajstić information content (AvgIpc) is 2.05. The van der Waals surface area contributed by atoms with E-state index in [1.54, 1.807) is 0 Å². The van der Waals surface area contributed by atoms with Crippen LogP contribution in [0.2, 0.25) is 0 Å². The topological polar surface area (TPSA) is 43.4 Å². The number of rotatable bonds is 3. The van der Waals surface area contributed by atoms with Crippen LogP contribution in [0.5, 0.6) is 0 Å². The predicted octanol–water partition coefficient (Wildman–Crippen LogP) is 1.31. The molecule has 0 aromatic heterocycles. The van der Waals surface area contributed by atoms with E-state index in [0.717, 1.165) is 19.1 Å². The van der Waals surface area contributed by atoms with Gasteiger partial charge >= 0.3 is 5.97 Å². The lowest BCUT2D eigenvalue weighted by Gasteiger charge is -2.33. The highest BCUT2D eigenvalue weighted by Gasteiger charge is 2.34. The van der Waals surface area contributed by atoms with Crippen molar-refractivity contribution in [3.63, 3.8) is 0 Å². The van der Waals surface area contributed by atoms with E-state index in [2.05, 4.69) is 0 Å². The summed E-state index contributed by atoms with van der Waals surface area (Å²) in [6, 6.07) is 0. The second-order valence-electron chi connectivity index (χ2n) is 3.37. The number of ether oxygens (including phenoxy) is 1. The summed E-state index contributed by atoms with van der Waals surface area (Å²) in [5.41, 5.74) is -0.100. The maximum atomic E-state index is 11.0. The van der Waals surface area contributed by atoms with Gasteiger partial charge in [-0.15, -0.1) is 0 Å². The van der Waals surface area contributed by atoms with E-state index in [1.807, 2.05) is 6.92 Å². The highest BCUT2D eigenvalue weighted by molar-refractivity contribution is 5.71. The molecule has 0 aromatic carbocycles. The minimum atomic E-state index is -0.162. The molecular formula is C9H14O3. The Hall–Kier alpha value is -0.860. The van der Waals surface area contributed by atoms with Crippen molar-refractivity contribution in [2.75, 3.05) is 6.61 Å². The van der Waals surface area contributed by atoms with Gasteiger partial charge in [-0.1, -0.05) is 6.92 Å². The van der Waals surface area contributed by atoms with Crippen LogP contribution in [0, 0.1) is 5.41 Å². The van der Waals surface area contributed by atoms with Gasteiger partial charge in [0.25, 0.3) is 0 Å². The molecule has 0 radical (unpaired) electrons. The van der Waals surface area contributed by atoms with Crippen LogP contribution in [-0.2, 0) is 14.3 Å². The van der Waals surface area contributed by atoms with E-state index in [4.69, 9.17) is 4.74 Å². The van der Waals surface area contributed by atoms with E-state index < -0.39 is 0 Å². The molecule has 0 amide bonds. The third-order valence-corrected chi connectivity index (χ3v) is 2.68. The maximum Gasteiger partial charge on any atom is 0.306 e. The van der Waals surface area contributed by atoms with E-state index in [-0.39, 0.29) is 11.4 Å². The molecule has 0 aliphatic carbocycles. The first kappa shape index (κ1) is 9.23. The minimum Gasteiger partial charge on any atom is -0.466 e. The smallest absolute Gasteiger partial charge is 0.306 e. The molecular weight excluding hydrogens is 156 g/mol. The van der Waals surface area contributed by atoms with Gasteiger partial charge in [-0.25, -0.2) is 0 Å². The minimum absolute atomic E-state index is 0.100. The summed E-state index contributed by atoms with van der Waals surface area (Å²) in [6.07, 6.45) is 3.50. The van der Waals surface area contributed by atoms with Gasteiger partial charge in [0.2, 0.25) is 0 Å². The van der Waals surface area contributed by atoms with Crippen LogP contribution in [0.3, 0.4) is 0 Å². The second-order valence-corrected chi connectivity index (χ2v) is 3.37. The molecule has 1 aliphatic rings. The molecule has 1 rings (SSSR count). The SMILES string of the molecule is CCC1(CC=O)CCOC(=O)C1. The monoisotopic (exact) mass is 170 g/mol. The van der Waals surface area contributed by atoms with E-state index >= 15 is 0 Å². The molecule has 0 aromatic rings. The predicted molar refractivity (Wildman–Crippen MR) is 43.6 cm³/mol. The Kier molecular flexibility index (Phi) is 2.84. The summed E-state index contributed by atoms with van der Waals surface area (Å²) in [5.74, 6) is -0.162. The van der Waals surface area contributed by atoms with Gasteiger partial charge in [0.1, 0.15) is 6.29 Å². The van der Waals surface area contributed by atoms with Crippen molar-refractivity contribution in [1.29, 1.82) is 0 Å². The van der Waals surface area contributed by atoms with E-state index in [9.17, 15) is 9.59 Å². The molecule has 1 fully saturated rings. The number of esters is 1. The number of cyclic esters (lactones) is 1. The van der Waals surface area contributed by atoms with Crippen LogP contribution in [0.15, 0.2) is 0 Å². The Morgan fingerprint density at radius 2 is 2.42 bits per heavy atom. The van der Waals surface area contributed by atoms with Crippen LogP contribution in [0.25, 0.3) is 0 Å². The highest BCUT2D eigenvalue weighted by atomic mass is 16.5. The van der Waals surface area contributed by atoms with Crippen LogP contribution in [0.4, 0.5) is 0 Å². The van der Waals surface area contributed by atoms with Crippen LogP contribution < -0.4 is 0 Å². The van der Waals surface area contributed by atoms with Gasteiger partial charge in [-0.2, -0.15) is 0 Å². The van der Waals surface area contributed by atoms with Crippen molar-refractivity contribution < 1.29 is 14.3 Å². The first-order chi connectivity index (χ1) is 5.72. The normalized spacial score (nSPS) is 29.6. The van der Waals surface area contributed by atoms with Crippen molar-refractivity contribution in [1.82, 2.24) is 0 Å². The molecule has 12 heavy (non-hydrogen) atoms. The molecule has 1 unspecified atom stereocenters. The third-order valence-electron chi connectivity index (χ3n) is 2.68. The number of hydrogen-bond donors (Lipinski definition) is 0. The van der Waals surface area contributed by atoms with Gasteiger partial charge in [-0.05, 0) is 18.3 Å². The molecule has 1 saturated heterocycles. The maximum absolute atomic E-state index is 11.0. The summed E-state index contributed by atoms with van der Waals surface area (Å²) in [7, 11) is 0. The Balaban J connectivity index is 2.63. The Morgan fingerprint density at radius 3 is 2.92 bits per heavy atom. The molecule has 68 valence electrons. The average molecular weight is 170 g/mol. The Bertz CT molecular complexity index is 188. The quantitative estimate of drug-likeness (QED) is 0.473. The van der Waals surface area contributed by atoms with Crippen LogP contribution >= 0.6 is 0 Å². The molecule has 0 spiro atoms. The lowest BCUT2D eigenvalue weighted by Crippen LogP contribution is -2.32. The summed E-state index contributed by atoms with van der Waals surface area (Å²) in [4.78, 5) is 21.4. The van der Waals surface area contributed by atoms with Crippen LogP contribution in [-0.4, -0.2) is 18.9 Å². The number of carbonyl (C=O) groups is 2. The molecule has 0 bridgehead atoms. The molecule has 1 atom stereocenters. The first-order valence-corrected chi connectivity index (χ1v) is 4.32. The number of hydrogen-bond acceptors (Lipinski definition) is 3. The zero-order valence-electron chi connectivity index (χ0n) is 7.34. The van der Waals surface area contributed by atoms with Crippen molar-refractivity contribution in [2.24, 2.45) is 5.41 Å². The third kappa shape index (κ3) is 1.84. The molecule has 0 saturated carbocycles. The first-order valence-electron chi connectivity index (χ1n) is 4.32. The van der Waals surface area contributed by atoms with Crippen LogP contribution in [0.1, 0.15) is 32.6 Å². The highest BCUT2D eigenvalue weighted by Crippen LogP contribution is 2.36. The molecule has 1 aliphatic heterocycles. The summed E-state index contributed by atoms with van der Waals surface area (Å²) >= 11 is 0. The second kappa shape index (κ2) is 3.70. The lowest BCUT2D eigenvalue weighted by molar-refractivity contribution is -0.153. The molecule has 0 N–H and O–H groups in total. The van der Waals surface area contributed by atoms with E-state index in [0.29, 0.717) is 19.4 Å².